The van der Waals surface area contributed by atoms with E-state index in [-0.39, 0.29) is 17.2 Å². The van der Waals surface area contributed by atoms with E-state index in [9.17, 15) is 4.39 Å². The summed E-state index contributed by atoms with van der Waals surface area (Å²) in [6, 6.07) is 0. The first-order valence-electron chi connectivity index (χ1n) is 4.21. The second kappa shape index (κ2) is 3.41. The molecule has 74 valence electrons. The van der Waals surface area contributed by atoms with Crippen LogP contribution in [0.3, 0.4) is 0 Å². The number of hydrogen-bond acceptors (Lipinski definition) is 3. The van der Waals surface area contributed by atoms with Gasteiger partial charge in [0.15, 0.2) is 0 Å². The fraction of sp³-hybridized carbons (Fsp3) is 0.750. The number of nitrogens with one attached hydrogen (secondary N) is 3. The summed E-state index contributed by atoms with van der Waals surface area (Å²) >= 11 is 0. The molecule has 5 heteroatoms. The van der Waals surface area contributed by atoms with E-state index >= 15 is 0 Å². The highest BCUT2D eigenvalue weighted by molar-refractivity contribution is 6.00. The Balaban J connectivity index is 2.87. The Bertz CT molecular complexity index is 228. The monoisotopic (exact) mass is 186 g/mol. The molecule has 0 amide bonds. The number of piperazine rings is 1. The standard InChI is InChI=1S/C8H15FN4/c1-8(2)5-12-4-7(11)13(8)6(10)3-9/h10-12H,3-5H2,1-2H3. The molecule has 1 fully saturated rings. The van der Waals surface area contributed by atoms with E-state index in [1.807, 2.05) is 13.8 Å². The van der Waals surface area contributed by atoms with E-state index in [1.54, 1.807) is 0 Å². The molecule has 0 aromatic heterocycles. The van der Waals surface area contributed by atoms with Crippen molar-refractivity contribution in [3.63, 3.8) is 0 Å². The third-order valence-corrected chi connectivity index (χ3v) is 2.12. The van der Waals surface area contributed by atoms with E-state index in [1.165, 1.54) is 4.90 Å². The minimum absolute atomic E-state index is 0.128. The molecule has 13 heavy (non-hydrogen) atoms. The summed E-state index contributed by atoms with van der Waals surface area (Å²) in [7, 11) is 0. The van der Waals surface area contributed by atoms with Crippen molar-refractivity contribution in [2.45, 2.75) is 19.4 Å². The van der Waals surface area contributed by atoms with Crippen LogP contribution in [0.1, 0.15) is 13.8 Å². The first kappa shape index (κ1) is 10.1. The van der Waals surface area contributed by atoms with Crippen molar-refractivity contribution < 1.29 is 4.39 Å². The fourth-order valence-electron chi connectivity index (χ4n) is 1.60. The molecule has 0 aromatic rings. The summed E-state index contributed by atoms with van der Waals surface area (Å²) in [4.78, 5) is 1.45. The van der Waals surface area contributed by atoms with Gasteiger partial charge in [-0.05, 0) is 13.8 Å². The molecule has 3 N–H and O–H groups in total. The Morgan fingerprint density at radius 1 is 1.69 bits per heavy atom. The molecule has 0 radical (unpaired) electrons. The minimum atomic E-state index is -0.814. The Kier molecular flexibility index (Phi) is 2.66. The van der Waals surface area contributed by atoms with Gasteiger partial charge in [0, 0.05) is 6.54 Å². The summed E-state index contributed by atoms with van der Waals surface area (Å²) in [5, 5.41) is 18.0. The molecule has 0 aliphatic carbocycles. The van der Waals surface area contributed by atoms with Crippen molar-refractivity contribution in [1.82, 2.24) is 10.2 Å². The van der Waals surface area contributed by atoms with Gasteiger partial charge in [0.25, 0.3) is 0 Å². The van der Waals surface area contributed by atoms with Crippen LogP contribution in [0.4, 0.5) is 4.39 Å². The Hall–Kier alpha value is -0.970. The van der Waals surface area contributed by atoms with Crippen LogP contribution in [0.2, 0.25) is 0 Å². The lowest BCUT2D eigenvalue weighted by Gasteiger charge is -2.43. The number of rotatable bonds is 1. The Morgan fingerprint density at radius 2 is 2.31 bits per heavy atom. The number of halogens is 1. The molecule has 0 saturated carbocycles. The molecule has 1 heterocycles. The first-order chi connectivity index (χ1) is 5.99. The van der Waals surface area contributed by atoms with Gasteiger partial charge in [0.05, 0.1) is 12.1 Å². The number of nitrogens with zero attached hydrogens (tertiary/aromatic N) is 1. The largest absolute Gasteiger partial charge is 0.309 e. The second-order valence-electron chi connectivity index (χ2n) is 3.78. The zero-order valence-corrected chi connectivity index (χ0v) is 7.95. The molecule has 0 spiro atoms. The van der Waals surface area contributed by atoms with Gasteiger partial charge >= 0.3 is 0 Å². The topological polar surface area (TPSA) is 63.0 Å². The number of amidine groups is 2. The highest BCUT2D eigenvalue weighted by Crippen LogP contribution is 2.17. The third kappa shape index (κ3) is 1.85. The summed E-state index contributed by atoms with van der Waals surface area (Å²) in [5.74, 6) is 0.135. The molecule has 0 bridgehead atoms. The van der Waals surface area contributed by atoms with Gasteiger partial charge < -0.3 is 10.2 Å². The Morgan fingerprint density at radius 3 is 2.77 bits per heavy atom. The molecule has 1 aliphatic heterocycles. The highest BCUT2D eigenvalue weighted by Gasteiger charge is 2.34. The zero-order chi connectivity index (χ0) is 10.1. The lowest BCUT2D eigenvalue weighted by atomic mass is 9.99. The molecule has 1 saturated heterocycles. The van der Waals surface area contributed by atoms with Crippen molar-refractivity contribution in [3.05, 3.63) is 0 Å². The van der Waals surface area contributed by atoms with E-state index in [4.69, 9.17) is 10.8 Å². The molecule has 4 nitrogen and oxygen atoms in total. The highest BCUT2D eigenvalue weighted by atomic mass is 19.1. The van der Waals surface area contributed by atoms with Crippen LogP contribution in [0, 0.1) is 10.8 Å². The summed E-state index contributed by atoms with van der Waals surface area (Å²) in [6.07, 6.45) is 0. The van der Waals surface area contributed by atoms with Gasteiger partial charge in [0.1, 0.15) is 18.3 Å². The average Bonchev–Trinajstić information content (AvgIpc) is 2.02. The molecule has 1 aliphatic rings. The summed E-state index contributed by atoms with van der Waals surface area (Å²) in [5.41, 5.74) is -0.376. The molecular weight excluding hydrogens is 171 g/mol. The predicted molar refractivity (Wildman–Crippen MR) is 50.2 cm³/mol. The predicted octanol–water partition coefficient (Wildman–Crippen LogP) is 0.594. The first-order valence-corrected chi connectivity index (χ1v) is 4.21. The van der Waals surface area contributed by atoms with Gasteiger partial charge in [-0.25, -0.2) is 4.39 Å². The van der Waals surface area contributed by atoms with Crippen molar-refractivity contribution in [1.29, 1.82) is 10.8 Å². The number of hydrogen-bond donors (Lipinski definition) is 3. The SMILES string of the molecule is CC1(C)CNCC(=N)N1C(=N)CF. The minimum Gasteiger partial charge on any atom is -0.309 e. The van der Waals surface area contributed by atoms with Gasteiger partial charge in [-0.2, -0.15) is 0 Å². The zero-order valence-electron chi connectivity index (χ0n) is 7.95. The van der Waals surface area contributed by atoms with Crippen molar-refractivity contribution in [2.75, 3.05) is 19.8 Å². The van der Waals surface area contributed by atoms with Crippen molar-refractivity contribution >= 4 is 11.7 Å². The maximum Gasteiger partial charge on any atom is 0.147 e. The van der Waals surface area contributed by atoms with E-state index < -0.39 is 6.67 Å². The number of alkyl halides is 1. The molecular formula is C8H15FN4. The maximum atomic E-state index is 12.3. The quantitative estimate of drug-likeness (QED) is 0.414. The summed E-state index contributed by atoms with van der Waals surface area (Å²) < 4.78 is 12.3. The van der Waals surface area contributed by atoms with Crippen LogP contribution in [-0.4, -0.2) is 41.9 Å². The average molecular weight is 186 g/mol. The van der Waals surface area contributed by atoms with Crippen LogP contribution in [0.25, 0.3) is 0 Å². The lowest BCUT2D eigenvalue weighted by Crippen LogP contribution is -2.62. The van der Waals surface area contributed by atoms with E-state index in [0.717, 1.165) is 0 Å². The van der Waals surface area contributed by atoms with Crippen LogP contribution in [0.15, 0.2) is 0 Å². The van der Waals surface area contributed by atoms with E-state index in [2.05, 4.69) is 5.32 Å². The van der Waals surface area contributed by atoms with Crippen LogP contribution in [0.5, 0.6) is 0 Å². The van der Waals surface area contributed by atoms with E-state index in [0.29, 0.717) is 13.1 Å². The molecule has 0 atom stereocenters. The van der Waals surface area contributed by atoms with Crippen LogP contribution in [-0.2, 0) is 0 Å². The second-order valence-corrected chi connectivity index (χ2v) is 3.78. The smallest absolute Gasteiger partial charge is 0.147 e. The Labute approximate surface area is 77.1 Å². The van der Waals surface area contributed by atoms with Crippen LogP contribution >= 0.6 is 0 Å². The molecule has 0 unspecified atom stereocenters. The van der Waals surface area contributed by atoms with Gasteiger partial charge in [-0.1, -0.05) is 0 Å². The summed E-state index contributed by atoms with van der Waals surface area (Å²) in [6.45, 7) is 4.03. The van der Waals surface area contributed by atoms with Gasteiger partial charge in [-0.3, -0.25) is 10.8 Å². The van der Waals surface area contributed by atoms with Crippen molar-refractivity contribution in [3.8, 4) is 0 Å². The lowest BCUT2D eigenvalue weighted by molar-refractivity contribution is 0.261. The normalized spacial score (nSPS) is 21.8. The fourth-order valence-corrected chi connectivity index (χ4v) is 1.60. The third-order valence-electron chi connectivity index (χ3n) is 2.12. The van der Waals surface area contributed by atoms with Gasteiger partial charge in [-0.15, -0.1) is 0 Å². The molecule has 1 rings (SSSR count). The molecule has 0 aromatic carbocycles. The van der Waals surface area contributed by atoms with Crippen molar-refractivity contribution in [2.24, 2.45) is 0 Å². The van der Waals surface area contributed by atoms with Crippen LogP contribution < -0.4 is 5.32 Å². The maximum absolute atomic E-state index is 12.3. The van der Waals surface area contributed by atoms with Gasteiger partial charge in [0.2, 0.25) is 0 Å².